The number of hydrogen-bond donors (Lipinski definition) is 0. The van der Waals surface area contributed by atoms with E-state index in [-0.39, 0.29) is 5.91 Å². The fourth-order valence-corrected chi connectivity index (χ4v) is 3.79. The zero-order valence-electron chi connectivity index (χ0n) is 16.3. The number of aryl methyl sites for hydroxylation is 1. The molecular weight excluding hydrogens is 350 g/mol. The summed E-state index contributed by atoms with van der Waals surface area (Å²) in [5, 5.41) is 4.63. The number of benzene rings is 2. The molecule has 1 fully saturated rings. The number of amides is 1. The summed E-state index contributed by atoms with van der Waals surface area (Å²) in [7, 11) is 3.66. The van der Waals surface area contributed by atoms with Gasteiger partial charge in [-0.05, 0) is 30.5 Å². The molecular formula is C23H25N3O2. The maximum absolute atomic E-state index is 13.3. The Morgan fingerprint density at radius 2 is 1.75 bits per heavy atom. The van der Waals surface area contributed by atoms with Crippen molar-refractivity contribution in [3.8, 4) is 11.1 Å². The summed E-state index contributed by atoms with van der Waals surface area (Å²) in [5.74, 6) is 0.306. The smallest absolute Gasteiger partial charge is 0.276 e. The van der Waals surface area contributed by atoms with Crippen molar-refractivity contribution in [2.75, 3.05) is 25.2 Å². The number of aromatic nitrogens is 2. The van der Waals surface area contributed by atoms with Crippen LogP contribution in [0.1, 0.15) is 34.9 Å². The van der Waals surface area contributed by atoms with Gasteiger partial charge in [0, 0.05) is 38.8 Å². The van der Waals surface area contributed by atoms with E-state index in [1.807, 2.05) is 62.6 Å². The summed E-state index contributed by atoms with van der Waals surface area (Å²) in [4.78, 5) is 15.0. The van der Waals surface area contributed by atoms with Crippen LogP contribution >= 0.6 is 0 Å². The quantitative estimate of drug-likeness (QED) is 0.685. The average molecular weight is 375 g/mol. The van der Waals surface area contributed by atoms with Gasteiger partial charge in [0.1, 0.15) is 5.69 Å². The maximum Gasteiger partial charge on any atom is 0.276 e. The summed E-state index contributed by atoms with van der Waals surface area (Å²) in [6, 6.07) is 20.1. The van der Waals surface area contributed by atoms with Crippen LogP contribution in [0.15, 0.2) is 60.7 Å². The van der Waals surface area contributed by atoms with Crippen molar-refractivity contribution >= 4 is 11.6 Å². The summed E-state index contributed by atoms with van der Waals surface area (Å²) < 4.78 is 7.15. The molecule has 0 radical (unpaired) electrons. The Balaban J connectivity index is 1.64. The fourth-order valence-electron chi connectivity index (χ4n) is 3.79. The molecule has 0 atom stereocenters. The van der Waals surface area contributed by atoms with Crippen LogP contribution in [0.5, 0.6) is 0 Å². The minimum absolute atomic E-state index is 0.0586. The van der Waals surface area contributed by atoms with Crippen LogP contribution in [-0.2, 0) is 11.8 Å². The summed E-state index contributed by atoms with van der Waals surface area (Å²) >= 11 is 0. The number of hydrogen-bond acceptors (Lipinski definition) is 3. The second kappa shape index (κ2) is 7.98. The molecule has 1 aliphatic heterocycles. The van der Waals surface area contributed by atoms with Crippen molar-refractivity contribution < 1.29 is 9.53 Å². The third-order valence-electron chi connectivity index (χ3n) is 5.41. The van der Waals surface area contributed by atoms with Gasteiger partial charge in [-0.25, -0.2) is 0 Å². The lowest BCUT2D eigenvalue weighted by Crippen LogP contribution is -2.28. The SMILES string of the molecule is CN(C(=O)c1cc(C2CCOCC2)nn1C)c1ccccc1-c1ccccc1. The van der Waals surface area contributed by atoms with E-state index in [1.54, 1.807) is 9.58 Å². The Morgan fingerprint density at radius 3 is 2.50 bits per heavy atom. The molecule has 2 aromatic carbocycles. The molecule has 0 bridgehead atoms. The van der Waals surface area contributed by atoms with Gasteiger partial charge in [0.05, 0.1) is 11.4 Å². The minimum atomic E-state index is -0.0586. The second-order valence-corrected chi connectivity index (χ2v) is 7.21. The normalized spacial score (nSPS) is 14.8. The number of carbonyl (C=O) groups is 1. The zero-order chi connectivity index (χ0) is 19.5. The topological polar surface area (TPSA) is 47.4 Å². The van der Waals surface area contributed by atoms with Gasteiger partial charge in [0.25, 0.3) is 5.91 Å². The van der Waals surface area contributed by atoms with Gasteiger partial charge in [-0.2, -0.15) is 5.10 Å². The lowest BCUT2D eigenvalue weighted by atomic mass is 9.96. The van der Waals surface area contributed by atoms with Crippen molar-refractivity contribution in [2.24, 2.45) is 7.05 Å². The van der Waals surface area contributed by atoms with E-state index in [4.69, 9.17) is 4.74 Å². The Morgan fingerprint density at radius 1 is 1.07 bits per heavy atom. The lowest BCUT2D eigenvalue weighted by molar-refractivity contribution is 0.0844. The van der Waals surface area contributed by atoms with Gasteiger partial charge < -0.3 is 9.64 Å². The number of ether oxygens (including phenoxy) is 1. The highest BCUT2D eigenvalue weighted by atomic mass is 16.5. The molecule has 28 heavy (non-hydrogen) atoms. The van der Waals surface area contributed by atoms with E-state index >= 15 is 0 Å². The molecule has 1 amide bonds. The first-order chi connectivity index (χ1) is 13.6. The predicted molar refractivity (Wildman–Crippen MR) is 111 cm³/mol. The molecule has 0 saturated carbocycles. The van der Waals surface area contributed by atoms with Crippen LogP contribution in [-0.4, -0.2) is 35.9 Å². The van der Waals surface area contributed by atoms with Crippen molar-refractivity contribution in [1.82, 2.24) is 9.78 Å². The molecule has 5 heteroatoms. The highest BCUT2D eigenvalue weighted by molar-refractivity contribution is 6.06. The first kappa shape index (κ1) is 18.4. The van der Waals surface area contributed by atoms with E-state index in [0.29, 0.717) is 11.6 Å². The first-order valence-corrected chi connectivity index (χ1v) is 9.69. The molecule has 1 aliphatic rings. The summed E-state index contributed by atoms with van der Waals surface area (Å²) in [6.45, 7) is 1.52. The van der Waals surface area contributed by atoms with E-state index in [9.17, 15) is 4.79 Å². The van der Waals surface area contributed by atoms with Crippen molar-refractivity contribution in [1.29, 1.82) is 0 Å². The Labute approximate surface area is 165 Å². The minimum Gasteiger partial charge on any atom is -0.381 e. The third-order valence-corrected chi connectivity index (χ3v) is 5.41. The van der Waals surface area contributed by atoms with Crippen LogP contribution < -0.4 is 4.90 Å². The van der Waals surface area contributed by atoms with Crippen LogP contribution in [0.2, 0.25) is 0 Å². The molecule has 144 valence electrons. The molecule has 3 aromatic rings. The Hall–Kier alpha value is -2.92. The second-order valence-electron chi connectivity index (χ2n) is 7.21. The molecule has 4 rings (SSSR count). The van der Waals surface area contributed by atoms with Crippen molar-refractivity contribution in [3.05, 3.63) is 72.1 Å². The molecule has 5 nitrogen and oxygen atoms in total. The molecule has 0 N–H and O–H groups in total. The molecule has 1 saturated heterocycles. The molecule has 0 spiro atoms. The van der Waals surface area contributed by atoms with Crippen molar-refractivity contribution in [3.63, 3.8) is 0 Å². The number of anilines is 1. The van der Waals surface area contributed by atoms with Gasteiger partial charge in [0.2, 0.25) is 0 Å². The largest absolute Gasteiger partial charge is 0.381 e. The zero-order valence-corrected chi connectivity index (χ0v) is 16.3. The van der Waals surface area contributed by atoms with E-state index in [2.05, 4.69) is 17.2 Å². The maximum atomic E-state index is 13.3. The summed E-state index contributed by atoms with van der Waals surface area (Å²) in [5.41, 5.74) is 4.59. The standard InChI is InChI=1S/C23H25N3O2/c1-25(21-11-7-6-10-19(21)17-8-4-3-5-9-17)23(27)22-16-20(24-26(22)2)18-12-14-28-15-13-18/h3-11,16,18H,12-15H2,1-2H3. The van der Waals surface area contributed by atoms with Gasteiger partial charge in [-0.15, -0.1) is 0 Å². The number of carbonyl (C=O) groups excluding carboxylic acids is 1. The highest BCUT2D eigenvalue weighted by Gasteiger charge is 2.24. The van der Waals surface area contributed by atoms with Gasteiger partial charge in [0.15, 0.2) is 0 Å². The molecule has 0 aliphatic carbocycles. The van der Waals surface area contributed by atoms with Crippen LogP contribution in [0, 0.1) is 0 Å². The van der Waals surface area contributed by atoms with Gasteiger partial charge in [-0.3, -0.25) is 9.48 Å². The molecule has 1 aromatic heterocycles. The highest BCUT2D eigenvalue weighted by Crippen LogP contribution is 2.31. The van der Waals surface area contributed by atoms with E-state index in [0.717, 1.165) is 48.6 Å². The number of rotatable bonds is 4. The van der Waals surface area contributed by atoms with Crippen molar-refractivity contribution in [2.45, 2.75) is 18.8 Å². The Bertz CT molecular complexity index is 959. The van der Waals surface area contributed by atoms with E-state index < -0.39 is 0 Å². The number of para-hydroxylation sites is 1. The lowest BCUT2D eigenvalue weighted by Gasteiger charge is -2.21. The van der Waals surface area contributed by atoms with Crippen LogP contribution in [0.3, 0.4) is 0 Å². The predicted octanol–water partition coefficient (Wildman–Crippen LogP) is 4.26. The van der Waals surface area contributed by atoms with Gasteiger partial charge in [-0.1, -0.05) is 48.5 Å². The average Bonchev–Trinajstić information content (AvgIpc) is 3.15. The molecule has 2 heterocycles. The fraction of sp³-hybridized carbons (Fsp3) is 0.304. The van der Waals surface area contributed by atoms with Crippen LogP contribution in [0.25, 0.3) is 11.1 Å². The van der Waals surface area contributed by atoms with E-state index in [1.165, 1.54) is 0 Å². The first-order valence-electron chi connectivity index (χ1n) is 9.69. The Kier molecular flexibility index (Phi) is 5.26. The monoisotopic (exact) mass is 375 g/mol. The summed E-state index contributed by atoms with van der Waals surface area (Å²) in [6.07, 6.45) is 1.91. The molecule has 0 unspecified atom stereocenters. The van der Waals surface area contributed by atoms with Gasteiger partial charge >= 0.3 is 0 Å². The third kappa shape index (κ3) is 3.58. The van der Waals surface area contributed by atoms with Crippen LogP contribution in [0.4, 0.5) is 5.69 Å². The number of nitrogens with zero attached hydrogens (tertiary/aromatic N) is 3.